The predicted octanol–water partition coefficient (Wildman–Crippen LogP) is 4.86. The molecule has 162 valence electrons. The van der Waals surface area contributed by atoms with Gasteiger partial charge in [-0.05, 0) is 63.6 Å². The summed E-state index contributed by atoms with van der Waals surface area (Å²) >= 11 is 0. The third-order valence-corrected chi connectivity index (χ3v) is 4.77. The quantitative estimate of drug-likeness (QED) is 0.378. The number of hydroxylamine groups is 2. The van der Waals surface area contributed by atoms with Crippen molar-refractivity contribution < 1.29 is 24.2 Å². The van der Waals surface area contributed by atoms with Crippen molar-refractivity contribution in [2.24, 2.45) is 5.92 Å². The topological polar surface area (TPSA) is 68.2 Å². The summed E-state index contributed by atoms with van der Waals surface area (Å²) in [5, 5.41) is 11.6. The Morgan fingerprint density at radius 3 is 2.55 bits per heavy atom. The van der Waals surface area contributed by atoms with Crippen LogP contribution in [0.15, 0.2) is 36.9 Å². The lowest BCUT2D eigenvalue weighted by molar-refractivity contribution is -0.203. The van der Waals surface area contributed by atoms with Gasteiger partial charge in [-0.3, -0.25) is 4.84 Å². The van der Waals surface area contributed by atoms with E-state index in [2.05, 4.69) is 20.4 Å². The van der Waals surface area contributed by atoms with Gasteiger partial charge in [-0.15, -0.1) is 6.58 Å². The largest absolute Gasteiger partial charge is 0.514 e. The van der Waals surface area contributed by atoms with Crippen molar-refractivity contribution in [3.8, 4) is 5.75 Å². The molecule has 0 radical (unpaired) electrons. The van der Waals surface area contributed by atoms with Crippen molar-refractivity contribution >= 4 is 6.16 Å². The first kappa shape index (κ1) is 23.4. The summed E-state index contributed by atoms with van der Waals surface area (Å²) in [4.78, 5) is 17.9. The average molecular weight is 406 g/mol. The zero-order valence-corrected chi connectivity index (χ0v) is 18.3. The molecular formula is C23H35NO5. The molecule has 0 aromatic heterocycles. The molecule has 1 aliphatic rings. The molecule has 0 bridgehead atoms. The summed E-state index contributed by atoms with van der Waals surface area (Å²) in [6.07, 6.45) is 3.52. The number of aliphatic hydroxyl groups excluding tert-OH is 1. The number of hydrogen-bond acceptors (Lipinski definition) is 6. The van der Waals surface area contributed by atoms with Gasteiger partial charge in [0.25, 0.3) is 0 Å². The number of carbonyl (C=O) groups excluding carboxylic acids is 1. The van der Waals surface area contributed by atoms with Crippen LogP contribution in [0.4, 0.5) is 4.79 Å². The summed E-state index contributed by atoms with van der Waals surface area (Å²) in [7, 11) is 0. The summed E-state index contributed by atoms with van der Waals surface area (Å²) in [6.45, 7) is 14.3. The van der Waals surface area contributed by atoms with Crippen molar-refractivity contribution in [3.05, 3.63) is 42.5 Å². The molecule has 1 aliphatic heterocycles. The van der Waals surface area contributed by atoms with E-state index in [1.807, 2.05) is 23.3 Å². The average Bonchev–Trinajstić information content (AvgIpc) is 2.92. The van der Waals surface area contributed by atoms with Crippen molar-refractivity contribution in [3.63, 3.8) is 0 Å². The number of carbonyl (C=O) groups is 1. The third-order valence-electron chi connectivity index (χ3n) is 4.77. The standard InChI is InChI=1S/C23H35NO5/c1-7-12-23(13-17(2)3)14-20(16-25)29-24(23)15-18-8-10-19(11-9-18)27-21(26)28-22(4,5)6/h7-11,17,20,25H,1,12-16H2,2-6H3. The molecule has 0 amide bonds. The van der Waals surface area contributed by atoms with E-state index in [0.717, 1.165) is 24.8 Å². The maximum absolute atomic E-state index is 11.8. The van der Waals surface area contributed by atoms with Crippen LogP contribution in [0, 0.1) is 5.92 Å². The first-order valence-electron chi connectivity index (χ1n) is 10.2. The molecule has 2 atom stereocenters. The van der Waals surface area contributed by atoms with Crippen LogP contribution in [0.25, 0.3) is 0 Å². The highest BCUT2D eigenvalue weighted by Gasteiger charge is 2.46. The van der Waals surface area contributed by atoms with E-state index in [4.69, 9.17) is 14.3 Å². The fourth-order valence-corrected chi connectivity index (χ4v) is 3.84. The second-order valence-corrected chi connectivity index (χ2v) is 9.18. The van der Waals surface area contributed by atoms with Crippen molar-refractivity contribution in [2.75, 3.05) is 6.61 Å². The lowest BCUT2D eigenvalue weighted by Gasteiger charge is -2.37. The van der Waals surface area contributed by atoms with Crippen LogP contribution in [0.5, 0.6) is 5.75 Å². The Bertz CT molecular complexity index is 680. The number of rotatable bonds is 8. The Balaban J connectivity index is 2.10. The normalized spacial score (nSPS) is 22.7. The van der Waals surface area contributed by atoms with Crippen LogP contribution in [-0.4, -0.2) is 40.2 Å². The molecule has 2 unspecified atom stereocenters. The Labute approximate surface area is 174 Å². The molecule has 0 saturated carbocycles. The zero-order valence-electron chi connectivity index (χ0n) is 18.3. The van der Waals surface area contributed by atoms with Crippen LogP contribution in [-0.2, 0) is 16.1 Å². The number of nitrogens with zero attached hydrogens (tertiary/aromatic N) is 1. The number of aliphatic hydroxyl groups is 1. The molecular weight excluding hydrogens is 370 g/mol. The molecule has 29 heavy (non-hydrogen) atoms. The van der Waals surface area contributed by atoms with Crippen LogP contribution < -0.4 is 4.74 Å². The Morgan fingerprint density at radius 2 is 2.03 bits per heavy atom. The fraction of sp³-hybridized carbons (Fsp3) is 0.609. The Kier molecular flexibility index (Phi) is 7.86. The second-order valence-electron chi connectivity index (χ2n) is 9.18. The molecule has 6 heteroatoms. The smallest absolute Gasteiger partial charge is 0.428 e. The van der Waals surface area contributed by atoms with Gasteiger partial charge in [0.15, 0.2) is 0 Å². The highest BCUT2D eigenvalue weighted by atomic mass is 16.7. The second kappa shape index (κ2) is 9.74. The van der Waals surface area contributed by atoms with Gasteiger partial charge in [0.05, 0.1) is 12.1 Å². The minimum atomic E-state index is -0.721. The zero-order chi connectivity index (χ0) is 21.7. The minimum absolute atomic E-state index is 0.00382. The van der Waals surface area contributed by atoms with Crippen molar-refractivity contribution in [1.82, 2.24) is 5.06 Å². The van der Waals surface area contributed by atoms with Crippen LogP contribution in [0.2, 0.25) is 0 Å². The Morgan fingerprint density at radius 1 is 1.38 bits per heavy atom. The van der Waals surface area contributed by atoms with Crippen LogP contribution in [0.3, 0.4) is 0 Å². The molecule has 0 spiro atoms. The minimum Gasteiger partial charge on any atom is -0.428 e. The molecule has 2 rings (SSSR count). The van der Waals surface area contributed by atoms with E-state index in [0.29, 0.717) is 18.2 Å². The van der Waals surface area contributed by atoms with E-state index < -0.39 is 11.8 Å². The Hall–Kier alpha value is -1.89. The van der Waals surface area contributed by atoms with Gasteiger partial charge in [0.1, 0.15) is 17.5 Å². The molecule has 1 heterocycles. The van der Waals surface area contributed by atoms with Crippen LogP contribution >= 0.6 is 0 Å². The van der Waals surface area contributed by atoms with Gasteiger partial charge in [0, 0.05) is 6.54 Å². The molecule has 1 fully saturated rings. The van der Waals surface area contributed by atoms with Crippen LogP contribution in [0.1, 0.15) is 59.4 Å². The predicted molar refractivity (Wildman–Crippen MR) is 112 cm³/mol. The van der Waals surface area contributed by atoms with Gasteiger partial charge in [-0.1, -0.05) is 32.1 Å². The van der Waals surface area contributed by atoms with E-state index >= 15 is 0 Å². The number of benzene rings is 1. The van der Waals surface area contributed by atoms with Gasteiger partial charge in [-0.2, -0.15) is 5.06 Å². The van der Waals surface area contributed by atoms with Gasteiger partial charge < -0.3 is 14.6 Å². The maximum Gasteiger partial charge on any atom is 0.514 e. The summed E-state index contributed by atoms with van der Waals surface area (Å²) < 4.78 is 10.4. The van der Waals surface area contributed by atoms with E-state index in [1.165, 1.54) is 0 Å². The molecule has 0 aliphatic carbocycles. The van der Waals surface area contributed by atoms with E-state index in [-0.39, 0.29) is 18.2 Å². The summed E-state index contributed by atoms with van der Waals surface area (Å²) in [5.41, 5.74) is 0.241. The molecule has 1 saturated heterocycles. The first-order chi connectivity index (χ1) is 13.6. The molecule has 6 nitrogen and oxygen atoms in total. The molecule has 1 aromatic carbocycles. The van der Waals surface area contributed by atoms with Gasteiger partial charge in [0.2, 0.25) is 0 Å². The van der Waals surface area contributed by atoms with E-state index in [9.17, 15) is 9.90 Å². The summed E-state index contributed by atoms with van der Waals surface area (Å²) in [6, 6.07) is 7.31. The highest BCUT2D eigenvalue weighted by molar-refractivity contribution is 5.64. The maximum atomic E-state index is 11.8. The number of ether oxygens (including phenoxy) is 2. The van der Waals surface area contributed by atoms with Crippen molar-refractivity contribution in [2.45, 2.75) is 77.7 Å². The van der Waals surface area contributed by atoms with Crippen molar-refractivity contribution in [1.29, 1.82) is 0 Å². The lowest BCUT2D eigenvalue weighted by Crippen LogP contribution is -2.43. The van der Waals surface area contributed by atoms with Gasteiger partial charge in [-0.25, -0.2) is 4.79 Å². The summed E-state index contributed by atoms with van der Waals surface area (Å²) in [5.74, 6) is 0.918. The fourth-order valence-electron chi connectivity index (χ4n) is 3.84. The monoisotopic (exact) mass is 405 g/mol. The SMILES string of the molecule is C=CCC1(CC(C)C)CC(CO)ON1Cc1ccc(OC(=O)OC(C)(C)C)cc1. The third kappa shape index (κ3) is 6.84. The first-order valence-corrected chi connectivity index (χ1v) is 10.2. The number of hydrogen-bond donors (Lipinski definition) is 1. The highest BCUT2D eigenvalue weighted by Crippen LogP contribution is 2.41. The molecule has 1 aromatic rings. The van der Waals surface area contributed by atoms with E-state index in [1.54, 1.807) is 32.9 Å². The van der Waals surface area contributed by atoms with Gasteiger partial charge >= 0.3 is 6.16 Å². The lowest BCUT2D eigenvalue weighted by atomic mass is 9.81. The molecule has 1 N–H and O–H groups in total.